The molecule has 4 nitrogen and oxygen atoms in total. The molecule has 0 saturated carbocycles. The second-order valence-corrected chi connectivity index (χ2v) is 4.43. The third kappa shape index (κ3) is 1.73. The molecule has 0 atom stereocenters. The molecule has 0 aliphatic rings. The minimum atomic E-state index is -5.72. The van der Waals surface area contributed by atoms with Crippen molar-refractivity contribution in [1.29, 1.82) is 0 Å². The quantitative estimate of drug-likeness (QED) is 0.662. The molecular formula is C5H9F2O4S-. The van der Waals surface area contributed by atoms with E-state index >= 15 is 0 Å². The molecule has 0 unspecified atom stereocenters. The van der Waals surface area contributed by atoms with Crippen molar-refractivity contribution in [2.45, 2.75) is 19.1 Å². The van der Waals surface area contributed by atoms with Crippen LogP contribution < -0.4 is 0 Å². The van der Waals surface area contributed by atoms with Crippen molar-refractivity contribution in [3.63, 3.8) is 0 Å². The van der Waals surface area contributed by atoms with Gasteiger partial charge in [0.25, 0.3) is 0 Å². The van der Waals surface area contributed by atoms with Crippen LogP contribution in [0.15, 0.2) is 0 Å². The molecule has 0 radical (unpaired) electrons. The molecule has 0 fully saturated rings. The maximum absolute atomic E-state index is 12.6. The minimum Gasteiger partial charge on any atom is -0.743 e. The Hall–Kier alpha value is -0.270. The zero-order chi connectivity index (χ0) is 10.2. The smallest absolute Gasteiger partial charge is 0.341 e. The van der Waals surface area contributed by atoms with Crippen molar-refractivity contribution in [2.75, 3.05) is 6.61 Å². The monoisotopic (exact) mass is 203 g/mol. The molecule has 0 aliphatic heterocycles. The number of halogens is 2. The Morgan fingerprint density at radius 1 is 1.42 bits per heavy atom. The minimum absolute atomic E-state index is 0.794. The molecule has 0 aromatic rings. The van der Waals surface area contributed by atoms with Crippen LogP contribution in [0, 0.1) is 5.41 Å². The first-order valence-electron chi connectivity index (χ1n) is 3.00. The third-order valence-electron chi connectivity index (χ3n) is 1.50. The van der Waals surface area contributed by atoms with Gasteiger partial charge < -0.3 is 9.66 Å². The van der Waals surface area contributed by atoms with Gasteiger partial charge in [-0.3, -0.25) is 0 Å². The lowest BCUT2D eigenvalue weighted by molar-refractivity contribution is -0.0622. The van der Waals surface area contributed by atoms with Crippen LogP contribution in [0.25, 0.3) is 0 Å². The van der Waals surface area contributed by atoms with Crippen LogP contribution in [0.4, 0.5) is 8.78 Å². The van der Waals surface area contributed by atoms with Gasteiger partial charge in [-0.15, -0.1) is 0 Å². The number of hydrogen-bond acceptors (Lipinski definition) is 4. The second kappa shape index (κ2) is 2.90. The first kappa shape index (κ1) is 11.7. The van der Waals surface area contributed by atoms with Gasteiger partial charge >= 0.3 is 5.25 Å². The Balaban J connectivity index is 5.13. The van der Waals surface area contributed by atoms with E-state index in [1.807, 2.05) is 0 Å². The van der Waals surface area contributed by atoms with Gasteiger partial charge in [0.1, 0.15) is 0 Å². The van der Waals surface area contributed by atoms with Crippen LogP contribution in [-0.2, 0) is 10.1 Å². The second-order valence-electron chi connectivity index (χ2n) is 3.01. The van der Waals surface area contributed by atoms with E-state index in [2.05, 4.69) is 0 Å². The highest BCUT2D eigenvalue weighted by atomic mass is 32.2. The maximum Gasteiger partial charge on any atom is 0.341 e. The fourth-order valence-electron chi connectivity index (χ4n) is 0.430. The normalized spacial score (nSPS) is 14.8. The van der Waals surface area contributed by atoms with E-state index in [-0.39, 0.29) is 0 Å². The highest BCUT2D eigenvalue weighted by molar-refractivity contribution is 7.86. The summed E-state index contributed by atoms with van der Waals surface area (Å²) in [6.07, 6.45) is 0. The Bertz CT molecular complexity index is 257. The van der Waals surface area contributed by atoms with Gasteiger partial charge in [0.05, 0.1) is 12.0 Å². The number of rotatable bonds is 3. The van der Waals surface area contributed by atoms with Gasteiger partial charge in [-0.2, -0.15) is 8.78 Å². The Labute approximate surface area is 69.0 Å². The lowest BCUT2D eigenvalue weighted by atomic mass is 9.95. The zero-order valence-corrected chi connectivity index (χ0v) is 7.36. The molecular weight excluding hydrogens is 194 g/mol. The van der Waals surface area contributed by atoms with E-state index in [1.165, 1.54) is 0 Å². The van der Waals surface area contributed by atoms with Gasteiger partial charge in [-0.25, -0.2) is 8.42 Å². The van der Waals surface area contributed by atoms with E-state index < -0.39 is 27.4 Å². The van der Waals surface area contributed by atoms with E-state index in [0.29, 0.717) is 0 Å². The maximum atomic E-state index is 12.6. The molecule has 12 heavy (non-hydrogen) atoms. The predicted molar refractivity (Wildman–Crippen MR) is 35.5 cm³/mol. The van der Waals surface area contributed by atoms with Gasteiger partial charge in [0, 0.05) is 0 Å². The van der Waals surface area contributed by atoms with Crippen LogP contribution in [-0.4, -0.2) is 29.9 Å². The summed E-state index contributed by atoms with van der Waals surface area (Å²) >= 11 is 0. The standard InChI is InChI=1S/C5H10F2O4S/c1-4(2,3-8)5(6,7)12(9,10)11/h8H,3H2,1-2H3,(H,9,10,11)/p-1. The summed E-state index contributed by atoms with van der Waals surface area (Å²) in [5.74, 6) is 0. The molecule has 0 amide bonds. The van der Waals surface area contributed by atoms with Gasteiger partial charge in [-0.1, -0.05) is 13.8 Å². The largest absolute Gasteiger partial charge is 0.743 e. The van der Waals surface area contributed by atoms with Crippen molar-refractivity contribution < 1.29 is 26.9 Å². The lowest BCUT2D eigenvalue weighted by Crippen LogP contribution is -2.45. The highest BCUT2D eigenvalue weighted by Gasteiger charge is 2.52. The van der Waals surface area contributed by atoms with Gasteiger partial charge in [0.15, 0.2) is 10.1 Å². The number of alkyl halides is 2. The molecule has 0 heterocycles. The van der Waals surface area contributed by atoms with E-state index in [9.17, 15) is 21.8 Å². The molecule has 7 heteroatoms. The predicted octanol–water partition coefficient (Wildman–Crippen LogP) is 0.143. The molecule has 0 rings (SSSR count). The summed E-state index contributed by atoms with van der Waals surface area (Å²) in [6.45, 7) is 0.506. The molecule has 0 spiro atoms. The van der Waals surface area contributed by atoms with E-state index in [1.54, 1.807) is 0 Å². The molecule has 0 aromatic carbocycles. The van der Waals surface area contributed by atoms with Crippen LogP contribution in [0.1, 0.15) is 13.8 Å². The fraction of sp³-hybridized carbons (Fsp3) is 1.00. The first-order chi connectivity index (χ1) is 5.06. The summed E-state index contributed by atoms with van der Waals surface area (Å²) < 4.78 is 55.4. The average molecular weight is 203 g/mol. The molecule has 1 N–H and O–H groups in total. The summed E-state index contributed by atoms with van der Waals surface area (Å²) in [5, 5.41) is 3.96. The SMILES string of the molecule is CC(C)(CO)C(F)(F)S(=O)(=O)[O-]. The van der Waals surface area contributed by atoms with Gasteiger partial charge in [-0.05, 0) is 0 Å². The summed E-state index contributed by atoms with van der Waals surface area (Å²) in [4.78, 5) is 0. The highest BCUT2D eigenvalue weighted by Crippen LogP contribution is 2.39. The van der Waals surface area contributed by atoms with E-state index in [4.69, 9.17) is 5.11 Å². The number of aliphatic hydroxyl groups is 1. The van der Waals surface area contributed by atoms with Crippen molar-refractivity contribution in [3.8, 4) is 0 Å². The van der Waals surface area contributed by atoms with Crippen molar-refractivity contribution in [3.05, 3.63) is 0 Å². The van der Waals surface area contributed by atoms with Crippen molar-refractivity contribution >= 4 is 10.1 Å². The molecule has 0 aliphatic carbocycles. The lowest BCUT2D eigenvalue weighted by Gasteiger charge is -2.33. The van der Waals surface area contributed by atoms with Crippen LogP contribution >= 0.6 is 0 Å². The van der Waals surface area contributed by atoms with Crippen LogP contribution in [0.3, 0.4) is 0 Å². The fourth-order valence-corrected chi connectivity index (χ4v) is 1.17. The topological polar surface area (TPSA) is 77.4 Å². The Morgan fingerprint density at radius 2 is 1.75 bits per heavy atom. The zero-order valence-electron chi connectivity index (χ0n) is 6.54. The first-order valence-corrected chi connectivity index (χ1v) is 4.41. The van der Waals surface area contributed by atoms with Crippen LogP contribution in [0.5, 0.6) is 0 Å². The van der Waals surface area contributed by atoms with E-state index in [0.717, 1.165) is 13.8 Å². The summed E-state index contributed by atoms with van der Waals surface area (Å²) in [5.41, 5.74) is -2.26. The van der Waals surface area contributed by atoms with Crippen molar-refractivity contribution in [1.82, 2.24) is 0 Å². The Morgan fingerprint density at radius 3 is 1.83 bits per heavy atom. The molecule has 74 valence electrons. The third-order valence-corrected chi connectivity index (χ3v) is 2.68. The van der Waals surface area contributed by atoms with Crippen molar-refractivity contribution in [2.24, 2.45) is 5.41 Å². The number of aliphatic hydroxyl groups excluding tert-OH is 1. The summed E-state index contributed by atoms with van der Waals surface area (Å²) in [6, 6.07) is 0. The molecule has 0 bridgehead atoms. The summed E-state index contributed by atoms with van der Waals surface area (Å²) in [7, 11) is -5.72. The van der Waals surface area contributed by atoms with Gasteiger partial charge in [0.2, 0.25) is 0 Å². The Kier molecular flexibility index (Phi) is 2.83. The van der Waals surface area contributed by atoms with Crippen LogP contribution in [0.2, 0.25) is 0 Å². The average Bonchev–Trinajstić information content (AvgIpc) is 1.85. The number of hydrogen-bond donors (Lipinski definition) is 1. The molecule has 0 saturated heterocycles. The molecule has 0 aromatic heterocycles.